The summed E-state index contributed by atoms with van der Waals surface area (Å²) < 4.78 is 45.7. The van der Waals surface area contributed by atoms with Crippen LogP contribution in [0.25, 0.3) is 6.08 Å². The van der Waals surface area contributed by atoms with Gasteiger partial charge in [0.25, 0.3) is 11.8 Å². The lowest BCUT2D eigenvalue weighted by atomic mass is 10.1. The number of anilines is 2. The van der Waals surface area contributed by atoms with Crippen molar-refractivity contribution < 1.29 is 27.5 Å². The van der Waals surface area contributed by atoms with E-state index in [0.717, 1.165) is 35.4 Å². The molecular formula is C28H25F3N4O3. The molecule has 1 saturated heterocycles. The van der Waals surface area contributed by atoms with Gasteiger partial charge in [-0.3, -0.25) is 14.6 Å². The van der Waals surface area contributed by atoms with Crippen molar-refractivity contribution in [2.45, 2.75) is 6.18 Å². The summed E-state index contributed by atoms with van der Waals surface area (Å²) in [5, 5.41) is 0. The lowest BCUT2D eigenvalue weighted by molar-refractivity contribution is -0.138. The van der Waals surface area contributed by atoms with E-state index in [0.29, 0.717) is 17.9 Å². The molecule has 3 aromatic rings. The van der Waals surface area contributed by atoms with E-state index in [9.17, 15) is 22.8 Å². The Hall–Kier alpha value is -4.34. The monoisotopic (exact) mass is 522 g/mol. The van der Waals surface area contributed by atoms with Crippen LogP contribution < -0.4 is 9.64 Å². The Morgan fingerprint density at radius 3 is 2.34 bits per heavy atom. The number of carbonyl (C=O) groups is 2. The minimum absolute atomic E-state index is 0.114. The molecule has 2 amide bonds. The molecule has 0 bridgehead atoms. The van der Waals surface area contributed by atoms with Crippen molar-refractivity contribution in [3.63, 3.8) is 0 Å². The number of rotatable bonds is 4. The van der Waals surface area contributed by atoms with Crippen molar-refractivity contribution in [2.24, 2.45) is 0 Å². The molecule has 3 heterocycles. The van der Waals surface area contributed by atoms with E-state index in [4.69, 9.17) is 4.74 Å². The van der Waals surface area contributed by atoms with E-state index in [1.807, 2.05) is 30.3 Å². The molecule has 196 valence electrons. The lowest BCUT2D eigenvalue weighted by Crippen LogP contribution is -2.50. The number of halogens is 3. The van der Waals surface area contributed by atoms with E-state index in [-0.39, 0.29) is 32.1 Å². The van der Waals surface area contributed by atoms with Crippen molar-refractivity contribution >= 4 is 29.3 Å². The smallest absolute Gasteiger partial charge is 0.417 e. The SMILES string of the molecule is COc1cc(C(=O)N2CCN(C(=O)c3cnccc3C(F)(F)F)CC2)ccc1N1CC=Cc2ccccc21. The summed E-state index contributed by atoms with van der Waals surface area (Å²) in [6, 6.07) is 14.1. The number of ether oxygens (including phenoxy) is 1. The zero-order valence-corrected chi connectivity index (χ0v) is 20.6. The second kappa shape index (κ2) is 10.2. The van der Waals surface area contributed by atoms with Crippen molar-refractivity contribution in [2.75, 3.05) is 44.7 Å². The molecule has 2 aromatic carbocycles. The van der Waals surface area contributed by atoms with E-state index in [1.54, 1.807) is 24.1 Å². The highest BCUT2D eigenvalue weighted by molar-refractivity contribution is 5.97. The van der Waals surface area contributed by atoms with Crippen LogP contribution in [0.3, 0.4) is 0 Å². The number of hydrogen-bond acceptors (Lipinski definition) is 5. The molecule has 1 fully saturated rings. The molecule has 5 rings (SSSR count). The third kappa shape index (κ3) is 4.81. The number of methoxy groups -OCH3 is 1. The summed E-state index contributed by atoms with van der Waals surface area (Å²) in [7, 11) is 1.55. The summed E-state index contributed by atoms with van der Waals surface area (Å²) in [6.07, 6.45) is 1.41. The van der Waals surface area contributed by atoms with Crippen LogP contribution in [0.4, 0.5) is 24.5 Å². The quantitative estimate of drug-likeness (QED) is 0.489. The Kier molecular flexibility index (Phi) is 6.79. The predicted molar refractivity (Wildman–Crippen MR) is 137 cm³/mol. The van der Waals surface area contributed by atoms with Crippen LogP contribution in [0.2, 0.25) is 0 Å². The molecular weight excluding hydrogens is 497 g/mol. The molecule has 0 spiro atoms. The molecule has 0 saturated carbocycles. The number of carbonyl (C=O) groups excluding carboxylic acids is 2. The van der Waals surface area contributed by atoms with Crippen LogP contribution >= 0.6 is 0 Å². The van der Waals surface area contributed by atoms with Gasteiger partial charge in [0.2, 0.25) is 0 Å². The van der Waals surface area contributed by atoms with Crippen LogP contribution in [0.5, 0.6) is 5.75 Å². The number of piperazine rings is 1. The van der Waals surface area contributed by atoms with Crippen LogP contribution in [-0.2, 0) is 6.18 Å². The van der Waals surface area contributed by atoms with Crippen LogP contribution in [-0.4, -0.2) is 66.4 Å². The molecule has 0 N–H and O–H groups in total. The molecule has 1 aromatic heterocycles. The molecule has 0 unspecified atom stereocenters. The normalized spacial score (nSPS) is 15.3. The molecule has 2 aliphatic heterocycles. The average molecular weight is 523 g/mol. The maximum absolute atomic E-state index is 13.3. The maximum Gasteiger partial charge on any atom is 0.417 e. The van der Waals surface area contributed by atoms with Gasteiger partial charge in [0.1, 0.15) is 5.75 Å². The minimum atomic E-state index is -4.66. The highest BCUT2D eigenvalue weighted by Gasteiger charge is 2.37. The number of alkyl halides is 3. The number of nitrogens with zero attached hydrogens (tertiary/aromatic N) is 4. The Labute approximate surface area is 217 Å². The number of pyridine rings is 1. The van der Waals surface area contributed by atoms with Gasteiger partial charge in [-0.2, -0.15) is 13.2 Å². The topological polar surface area (TPSA) is 66.0 Å². The van der Waals surface area contributed by atoms with Crippen molar-refractivity contribution in [1.82, 2.24) is 14.8 Å². The Bertz CT molecular complexity index is 1400. The first-order chi connectivity index (χ1) is 18.3. The number of hydrogen-bond donors (Lipinski definition) is 0. The molecule has 10 heteroatoms. The van der Waals surface area contributed by atoms with Gasteiger partial charge in [-0.05, 0) is 35.9 Å². The first-order valence-corrected chi connectivity index (χ1v) is 12.1. The number of para-hydroxylation sites is 1. The second-order valence-electron chi connectivity index (χ2n) is 8.96. The fourth-order valence-corrected chi connectivity index (χ4v) is 4.80. The summed E-state index contributed by atoms with van der Waals surface area (Å²) in [5.41, 5.74) is 1.87. The summed E-state index contributed by atoms with van der Waals surface area (Å²) in [5.74, 6) is -0.441. The van der Waals surface area contributed by atoms with E-state index >= 15 is 0 Å². The minimum Gasteiger partial charge on any atom is -0.495 e. The number of fused-ring (bicyclic) bond motifs is 1. The standard InChI is InChI=1S/C28H25F3N4O3/c1-38-25-17-20(8-9-24(25)35-12-4-6-19-5-2-3-7-23(19)35)26(36)33-13-15-34(16-14-33)27(37)21-18-32-11-10-22(21)28(29,30)31/h2-11,17-18H,12-16H2,1H3. The highest BCUT2D eigenvalue weighted by atomic mass is 19.4. The summed E-state index contributed by atoms with van der Waals surface area (Å²) >= 11 is 0. The van der Waals surface area contributed by atoms with Crippen LogP contribution in [0.15, 0.2) is 67.0 Å². The van der Waals surface area contributed by atoms with E-state index in [1.165, 1.54) is 4.90 Å². The molecule has 0 radical (unpaired) electrons. The molecule has 38 heavy (non-hydrogen) atoms. The molecule has 0 aliphatic carbocycles. The fourth-order valence-electron chi connectivity index (χ4n) is 4.80. The molecule has 2 aliphatic rings. The second-order valence-corrected chi connectivity index (χ2v) is 8.96. The van der Waals surface area contributed by atoms with Gasteiger partial charge < -0.3 is 19.4 Å². The number of benzene rings is 2. The third-order valence-electron chi connectivity index (χ3n) is 6.74. The van der Waals surface area contributed by atoms with E-state index < -0.39 is 23.2 Å². The van der Waals surface area contributed by atoms with Crippen LogP contribution in [0.1, 0.15) is 31.8 Å². The predicted octanol–water partition coefficient (Wildman–Crippen LogP) is 4.87. The zero-order valence-electron chi connectivity index (χ0n) is 20.6. The van der Waals surface area contributed by atoms with Crippen molar-refractivity contribution in [3.8, 4) is 5.75 Å². The van der Waals surface area contributed by atoms with Crippen molar-refractivity contribution in [3.05, 3.63) is 89.3 Å². The maximum atomic E-state index is 13.3. The average Bonchev–Trinajstić information content (AvgIpc) is 2.95. The first-order valence-electron chi connectivity index (χ1n) is 12.1. The van der Waals surface area contributed by atoms with Gasteiger partial charge in [-0.1, -0.05) is 30.4 Å². The Balaban J connectivity index is 1.29. The van der Waals surface area contributed by atoms with Gasteiger partial charge in [0, 0.05) is 56.4 Å². The number of aromatic nitrogens is 1. The highest BCUT2D eigenvalue weighted by Crippen LogP contribution is 2.38. The fraction of sp³-hybridized carbons (Fsp3) is 0.250. The lowest BCUT2D eigenvalue weighted by Gasteiger charge is -2.35. The van der Waals surface area contributed by atoms with Gasteiger partial charge in [0.05, 0.1) is 23.9 Å². The van der Waals surface area contributed by atoms with E-state index in [2.05, 4.69) is 22.0 Å². The third-order valence-corrected chi connectivity index (χ3v) is 6.74. The van der Waals surface area contributed by atoms with Gasteiger partial charge in [0.15, 0.2) is 0 Å². The number of amides is 2. The molecule has 7 nitrogen and oxygen atoms in total. The summed E-state index contributed by atoms with van der Waals surface area (Å²) in [6.45, 7) is 1.27. The van der Waals surface area contributed by atoms with Crippen molar-refractivity contribution in [1.29, 1.82) is 0 Å². The largest absolute Gasteiger partial charge is 0.495 e. The Morgan fingerprint density at radius 1 is 0.921 bits per heavy atom. The van der Waals surface area contributed by atoms with Gasteiger partial charge >= 0.3 is 6.18 Å². The van der Waals surface area contributed by atoms with Gasteiger partial charge in [-0.15, -0.1) is 0 Å². The first kappa shape index (κ1) is 25.3. The van der Waals surface area contributed by atoms with Gasteiger partial charge in [-0.25, -0.2) is 0 Å². The Morgan fingerprint density at radius 2 is 1.63 bits per heavy atom. The van der Waals surface area contributed by atoms with Crippen LogP contribution in [0, 0.1) is 0 Å². The summed E-state index contributed by atoms with van der Waals surface area (Å²) in [4.78, 5) is 34.8. The zero-order chi connectivity index (χ0) is 26.9. The molecule has 0 atom stereocenters.